The molecule has 0 radical (unpaired) electrons. The van der Waals surface area contributed by atoms with Gasteiger partial charge in [-0.25, -0.2) is 0 Å². The second-order valence-corrected chi connectivity index (χ2v) is 6.74. The van der Waals surface area contributed by atoms with E-state index < -0.39 is 0 Å². The monoisotopic (exact) mass is 347 g/mol. The first-order valence-corrected chi connectivity index (χ1v) is 8.60. The number of carbonyl (C=O) groups is 1. The molecule has 1 aliphatic heterocycles. The highest BCUT2D eigenvalue weighted by molar-refractivity contribution is 5.96. The molecule has 0 aliphatic carbocycles. The zero-order chi connectivity index (χ0) is 18.3. The summed E-state index contributed by atoms with van der Waals surface area (Å²) >= 11 is 0. The molecule has 3 heterocycles. The van der Waals surface area contributed by atoms with Gasteiger partial charge < -0.3 is 10.2 Å². The molecule has 6 heteroatoms. The first-order chi connectivity index (χ1) is 12.5. The van der Waals surface area contributed by atoms with Crippen LogP contribution in [0.2, 0.25) is 0 Å². The lowest BCUT2D eigenvalue weighted by atomic mass is 9.85. The maximum absolute atomic E-state index is 12.3. The number of hydrogen-bond donors (Lipinski definition) is 1. The number of nitrogens with zero attached hydrogens (tertiary/aromatic N) is 4. The quantitative estimate of drug-likeness (QED) is 0.791. The average molecular weight is 347 g/mol. The molecule has 1 amide bonds. The summed E-state index contributed by atoms with van der Waals surface area (Å²) in [6.45, 7) is 0. The number of fused-ring (bicyclic) bond motifs is 1. The number of anilines is 2. The maximum Gasteiger partial charge on any atom is 0.226 e. The molecule has 1 atom stereocenters. The van der Waals surface area contributed by atoms with Crippen LogP contribution < -0.4 is 10.2 Å². The maximum atomic E-state index is 12.3. The highest BCUT2D eigenvalue weighted by Crippen LogP contribution is 2.42. The molecule has 1 N–H and O–H groups in total. The highest BCUT2D eigenvalue weighted by atomic mass is 16.1. The Morgan fingerprint density at radius 3 is 2.58 bits per heavy atom. The molecule has 1 aromatic carbocycles. The number of amides is 1. The van der Waals surface area contributed by atoms with Gasteiger partial charge >= 0.3 is 0 Å². The van der Waals surface area contributed by atoms with Gasteiger partial charge in [0.05, 0.1) is 5.69 Å². The Labute approximate surface area is 152 Å². The summed E-state index contributed by atoms with van der Waals surface area (Å²) in [4.78, 5) is 18.8. The standard InChI is InChI=1S/C20H21N5O/c1-24(2)14-9-7-13(8-10-14)15-12-17(26)22-20-18(15)19(23-25(20)3)16-6-4-5-11-21-16/h4-11,15H,12H2,1-3H3,(H,22,26). The van der Waals surface area contributed by atoms with Crippen LogP contribution in [0.5, 0.6) is 0 Å². The summed E-state index contributed by atoms with van der Waals surface area (Å²) in [5.74, 6) is 0.721. The Morgan fingerprint density at radius 1 is 1.15 bits per heavy atom. The van der Waals surface area contributed by atoms with E-state index in [4.69, 9.17) is 0 Å². The van der Waals surface area contributed by atoms with Gasteiger partial charge in [-0.3, -0.25) is 14.5 Å². The molecule has 0 spiro atoms. The lowest BCUT2D eigenvalue weighted by Crippen LogP contribution is -2.24. The van der Waals surface area contributed by atoms with Gasteiger partial charge in [-0.1, -0.05) is 18.2 Å². The van der Waals surface area contributed by atoms with Crippen molar-refractivity contribution in [1.29, 1.82) is 0 Å². The van der Waals surface area contributed by atoms with Gasteiger partial charge in [-0.05, 0) is 29.8 Å². The fourth-order valence-electron chi connectivity index (χ4n) is 3.47. The molecule has 132 valence electrons. The van der Waals surface area contributed by atoms with Crippen molar-refractivity contribution in [2.45, 2.75) is 12.3 Å². The van der Waals surface area contributed by atoms with Gasteiger partial charge in [-0.15, -0.1) is 0 Å². The third-order valence-corrected chi connectivity index (χ3v) is 4.80. The third-order valence-electron chi connectivity index (χ3n) is 4.80. The van der Waals surface area contributed by atoms with Gasteiger partial charge in [-0.2, -0.15) is 5.10 Å². The molecule has 1 aliphatic rings. The minimum Gasteiger partial charge on any atom is -0.378 e. The van der Waals surface area contributed by atoms with Gasteiger partial charge in [0.15, 0.2) is 0 Å². The van der Waals surface area contributed by atoms with E-state index in [-0.39, 0.29) is 11.8 Å². The van der Waals surface area contributed by atoms with E-state index in [9.17, 15) is 4.79 Å². The van der Waals surface area contributed by atoms with Gasteiger partial charge in [0.2, 0.25) is 5.91 Å². The minimum atomic E-state index is -0.0410. The van der Waals surface area contributed by atoms with Crippen LogP contribution in [0, 0.1) is 0 Å². The van der Waals surface area contributed by atoms with Crippen LogP contribution in [0.4, 0.5) is 11.5 Å². The smallest absolute Gasteiger partial charge is 0.226 e. The Hall–Kier alpha value is -3.15. The fourth-order valence-corrected chi connectivity index (χ4v) is 3.47. The van der Waals surface area contributed by atoms with E-state index in [1.807, 2.05) is 39.3 Å². The van der Waals surface area contributed by atoms with Crippen molar-refractivity contribution < 1.29 is 4.79 Å². The lowest BCUT2D eigenvalue weighted by Gasteiger charge is -2.25. The Balaban J connectivity index is 1.85. The molecule has 4 rings (SSSR count). The number of aromatic nitrogens is 3. The Morgan fingerprint density at radius 2 is 1.92 bits per heavy atom. The number of benzene rings is 1. The zero-order valence-corrected chi connectivity index (χ0v) is 15.1. The predicted octanol–water partition coefficient (Wildman–Crippen LogP) is 3.02. The molecule has 1 unspecified atom stereocenters. The number of pyridine rings is 1. The lowest BCUT2D eigenvalue weighted by molar-refractivity contribution is -0.116. The van der Waals surface area contributed by atoms with Crippen LogP contribution in [0.15, 0.2) is 48.7 Å². The van der Waals surface area contributed by atoms with Crippen molar-refractivity contribution >= 4 is 17.4 Å². The fraction of sp³-hybridized carbons (Fsp3) is 0.250. The van der Waals surface area contributed by atoms with Crippen LogP contribution in [0.25, 0.3) is 11.4 Å². The molecular weight excluding hydrogens is 326 g/mol. The minimum absolute atomic E-state index is 0.00903. The van der Waals surface area contributed by atoms with Crippen LogP contribution in [-0.4, -0.2) is 34.8 Å². The first kappa shape index (κ1) is 16.3. The second-order valence-electron chi connectivity index (χ2n) is 6.74. The van der Waals surface area contributed by atoms with Gasteiger partial charge in [0.1, 0.15) is 11.5 Å². The van der Waals surface area contributed by atoms with Gasteiger partial charge in [0, 0.05) is 50.9 Å². The van der Waals surface area contributed by atoms with Crippen molar-refractivity contribution in [2.75, 3.05) is 24.3 Å². The number of hydrogen-bond acceptors (Lipinski definition) is 4. The first-order valence-electron chi connectivity index (χ1n) is 8.60. The molecule has 0 saturated heterocycles. The number of nitrogens with one attached hydrogen (secondary N) is 1. The topological polar surface area (TPSA) is 63.1 Å². The summed E-state index contributed by atoms with van der Waals surface area (Å²) in [7, 11) is 5.88. The molecule has 2 aromatic heterocycles. The van der Waals surface area contributed by atoms with E-state index in [0.717, 1.165) is 34.0 Å². The SMILES string of the molecule is CN(C)c1ccc(C2CC(=O)Nc3c2c(-c2ccccn2)nn3C)cc1. The van der Waals surface area contributed by atoms with E-state index in [1.165, 1.54) is 0 Å². The molecule has 0 fully saturated rings. The molecule has 26 heavy (non-hydrogen) atoms. The predicted molar refractivity (Wildman–Crippen MR) is 102 cm³/mol. The number of aryl methyl sites for hydroxylation is 1. The molecule has 0 bridgehead atoms. The Kier molecular flexibility index (Phi) is 3.95. The molecule has 0 saturated carbocycles. The average Bonchev–Trinajstić information content (AvgIpc) is 2.98. The van der Waals surface area contributed by atoms with E-state index in [2.05, 4.69) is 44.6 Å². The highest BCUT2D eigenvalue weighted by Gasteiger charge is 2.33. The summed E-state index contributed by atoms with van der Waals surface area (Å²) in [6.07, 6.45) is 2.17. The van der Waals surface area contributed by atoms with E-state index in [1.54, 1.807) is 10.9 Å². The molecular formula is C20H21N5O. The number of rotatable bonds is 3. The molecule has 6 nitrogen and oxygen atoms in total. The van der Waals surface area contributed by atoms with Crippen LogP contribution in [-0.2, 0) is 11.8 Å². The van der Waals surface area contributed by atoms with E-state index >= 15 is 0 Å². The van der Waals surface area contributed by atoms with Crippen LogP contribution in [0.1, 0.15) is 23.5 Å². The van der Waals surface area contributed by atoms with Crippen LogP contribution >= 0.6 is 0 Å². The zero-order valence-electron chi connectivity index (χ0n) is 15.1. The van der Waals surface area contributed by atoms with Crippen molar-refractivity contribution in [1.82, 2.24) is 14.8 Å². The van der Waals surface area contributed by atoms with Crippen molar-refractivity contribution in [3.05, 3.63) is 59.8 Å². The van der Waals surface area contributed by atoms with Crippen molar-refractivity contribution in [3.63, 3.8) is 0 Å². The van der Waals surface area contributed by atoms with E-state index in [0.29, 0.717) is 6.42 Å². The van der Waals surface area contributed by atoms with Crippen molar-refractivity contribution in [2.24, 2.45) is 7.05 Å². The largest absolute Gasteiger partial charge is 0.378 e. The van der Waals surface area contributed by atoms with Crippen LogP contribution in [0.3, 0.4) is 0 Å². The summed E-state index contributed by atoms with van der Waals surface area (Å²) in [5.41, 5.74) is 4.91. The summed E-state index contributed by atoms with van der Waals surface area (Å²) in [6, 6.07) is 14.1. The Bertz CT molecular complexity index is 944. The normalized spacial score (nSPS) is 16.1. The van der Waals surface area contributed by atoms with Crippen molar-refractivity contribution in [3.8, 4) is 11.4 Å². The number of carbonyl (C=O) groups excluding carboxylic acids is 1. The summed E-state index contributed by atoms with van der Waals surface area (Å²) in [5, 5.41) is 7.62. The second kappa shape index (κ2) is 6.29. The summed E-state index contributed by atoms with van der Waals surface area (Å²) < 4.78 is 1.73. The molecule has 3 aromatic rings. The van der Waals surface area contributed by atoms with Gasteiger partial charge in [0.25, 0.3) is 0 Å². The third kappa shape index (κ3) is 2.73.